The Hall–Kier alpha value is -2.46. The number of H-pyrrole nitrogens is 1. The van der Waals surface area contributed by atoms with Gasteiger partial charge in [-0.1, -0.05) is 23.7 Å². The third-order valence-corrected chi connectivity index (χ3v) is 3.40. The Balaban J connectivity index is 1.97. The summed E-state index contributed by atoms with van der Waals surface area (Å²) in [5.74, 6) is -0.227. The Labute approximate surface area is 120 Å². The van der Waals surface area contributed by atoms with E-state index in [0.29, 0.717) is 22.0 Å². The maximum Gasteiger partial charge on any atom is 0.257 e. The molecular formula is C15H12ClN3O. The summed E-state index contributed by atoms with van der Waals surface area (Å²) >= 11 is 6.03. The molecule has 0 aliphatic carbocycles. The number of halogens is 1. The largest absolute Gasteiger partial charge is 0.399 e. The Morgan fingerprint density at radius 3 is 2.80 bits per heavy atom. The number of nitrogens with one attached hydrogen (secondary N) is 2. The molecular weight excluding hydrogens is 274 g/mol. The van der Waals surface area contributed by atoms with Crippen LogP contribution in [0, 0.1) is 0 Å². The van der Waals surface area contributed by atoms with E-state index in [2.05, 4.69) is 10.3 Å². The first kappa shape index (κ1) is 12.6. The van der Waals surface area contributed by atoms with Gasteiger partial charge in [0.1, 0.15) is 0 Å². The van der Waals surface area contributed by atoms with E-state index in [-0.39, 0.29) is 5.91 Å². The predicted octanol–water partition coefficient (Wildman–Crippen LogP) is 3.66. The fourth-order valence-electron chi connectivity index (χ4n) is 2.08. The molecule has 2 aromatic carbocycles. The molecule has 20 heavy (non-hydrogen) atoms. The second-order valence-electron chi connectivity index (χ2n) is 4.44. The zero-order valence-electron chi connectivity index (χ0n) is 10.5. The average molecular weight is 286 g/mol. The van der Waals surface area contributed by atoms with Crippen molar-refractivity contribution < 1.29 is 4.79 Å². The number of hydrogen-bond acceptors (Lipinski definition) is 2. The van der Waals surface area contributed by atoms with E-state index in [9.17, 15) is 4.79 Å². The lowest BCUT2D eigenvalue weighted by atomic mass is 10.1. The number of aromatic amines is 1. The number of aromatic nitrogens is 1. The zero-order chi connectivity index (χ0) is 14.1. The number of fused-ring (bicyclic) bond motifs is 1. The minimum atomic E-state index is -0.227. The highest BCUT2D eigenvalue weighted by Crippen LogP contribution is 2.24. The number of carbonyl (C=O) groups excluding carboxylic acids is 1. The average Bonchev–Trinajstić information content (AvgIpc) is 2.84. The maximum atomic E-state index is 12.3. The predicted molar refractivity (Wildman–Crippen MR) is 82.1 cm³/mol. The van der Waals surface area contributed by atoms with Gasteiger partial charge in [0.15, 0.2) is 0 Å². The standard InChI is InChI=1S/C15H12ClN3O/c16-12-3-1-2-4-14(12)19-15(20)11-8-18-13-6-5-9(17)7-10(11)13/h1-8,18H,17H2,(H,19,20). The van der Waals surface area contributed by atoms with Gasteiger partial charge in [-0.05, 0) is 30.3 Å². The quantitative estimate of drug-likeness (QED) is 0.629. The Kier molecular flexibility index (Phi) is 3.08. The number of hydrogen-bond donors (Lipinski definition) is 3. The number of nitrogen functional groups attached to an aromatic ring is 1. The summed E-state index contributed by atoms with van der Waals surface area (Å²) in [6.45, 7) is 0. The molecule has 0 fully saturated rings. The first-order valence-electron chi connectivity index (χ1n) is 6.07. The van der Waals surface area contributed by atoms with Crippen molar-refractivity contribution >= 4 is 39.8 Å². The summed E-state index contributed by atoms with van der Waals surface area (Å²) in [7, 11) is 0. The number of anilines is 2. The minimum absolute atomic E-state index is 0.227. The molecule has 0 unspecified atom stereocenters. The highest BCUT2D eigenvalue weighted by Gasteiger charge is 2.13. The molecule has 4 nitrogen and oxygen atoms in total. The Bertz CT molecular complexity index is 795. The maximum absolute atomic E-state index is 12.3. The van der Waals surface area contributed by atoms with E-state index < -0.39 is 0 Å². The molecule has 1 aromatic heterocycles. The van der Waals surface area contributed by atoms with Crippen LogP contribution < -0.4 is 11.1 Å². The van der Waals surface area contributed by atoms with Gasteiger partial charge in [0.05, 0.1) is 16.3 Å². The zero-order valence-corrected chi connectivity index (χ0v) is 11.2. The fraction of sp³-hybridized carbons (Fsp3) is 0. The van der Waals surface area contributed by atoms with Crippen molar-refractivity contribution in [2.75, 3.05) is 11.1 Å². The highest BCUT2D eigenvalue weighted by molar-refractivity contribution is 6.34. The topological polar surface area (TPSA) is 70.9 Å². The summed E-state index contributed by atoms with van der Waals surface area (Å²) in [4.78, 5) is 15.4. The molecule has 3 rings (SSSR count). The van der Waals surface area contributed by atoms with Crippen LogP contribution in [0.2, 0.25) is 5.02 Å². The van der Waals surface area contributed by atoms with Gasteiger partial charge < -0.3 is 16.0 Å². The van der Waals surface area contributed by atoms with Gasteiger partial charge in [-0.3, -0.25) is 4.79 Å². The highest BCUT2D eigenvalue weighted by atomic mass is 35.5. The molecule has 0 spiro atoms. The van der Waals surface area contributed by atoms with Gasteiger partial charge in [-0.25, -0.2) is 0 Å². The summed E-state index contributed by atoms with van der Waals surface area (Å²) in [5.41, 5.74) is 8.36. The Morgan fingerprint density at radius 1 is 1.20 bits per heavy atom. The van der Waals surface area contributed by atoms with Gasteiger partial charge >= 0.3 is 0 Å². The molecule has 0 bridgehead atoms. The van der Waals surface area contributed by atoms with Crippen LogP contribution in [0.1, 0.15) is 10.4 Å². The number of amides is 1. The van der Waals surface area contributed by atoms with Crippen LogP contribution in [0.3, 0.4) is 0 Å². The van der Waals surface area contributed by atoms with Crippen molar-refractivity contribution in [2.24, 2.45) is 0 Å². The van der Waals surface area contributed by atoms with Crippen molar-refractivity contribution in [3.05, 3.63) is 59.2 Å². The molecule has 100 valence electrons. The van der Waals surface area contributed by atoms with Crippen LogP contribution in [-0.4, -0.2) is 10.9 Å². The van der Waals surface area contributed by atoms with E-state index in [0.717, 1.165) is 10.9 Å². The molecule has 1 heterocycles. The molecule has 4 N–H and O–H groups in total. The van der Waals surface area contributed by atoms with Gasteiger partial charge in [0.2, 0.25) is 0 Å². The van der Waals surface area contributed by atoms with Crippen molar-refractivity contribution in [1.29, 1.82) is 0 Å². The molecule has 0 aliphatic heterocycles. The summed E-state index contributed by atoms with van der Waals surface area (Å²) in [5, 5.41) is 4.08. The van der Waals surface area contributed by atoms with E-state index in [1.54, 1.807) is 30.5 Å². The first-order valence-corrected chi connectivity index (χ1v) is 6.45. The third kappa shape index (κ3) is 2.21. The van der Waals surface area contributed by atoms with E-state index >= 15 is 0 Å². The van der Waals surface area contributed by atoms with Crippen LogP contribution in [-0.2, 0) is 0 Å². The van der Waals surface area contributed by atoms with Gasteiger partial charge in [0.25, 0.3) is 5.91 Å². The van der Waals surface area contributed by atoms with Crippen LogP contribution in [0.15, 0.2) is 48.7 Å². The SMILES string of the molecule is Nc1ccc2[nH]cc(C(=O)Nc3ccccc3Cl)c2c1. The normalized spacial score (nSPS) is 10.7. The smallest absolute Gasteiger partial charge is 0.257 e. The summed E-state index contributed by atoms with van der Waals surface area (Å²) in [6.07, 6.45) is 1.66. The van der Waals surface area contributed by atoms with Crippen LogP contribution in [0.4, 0.5) is 11.4 Å². The molecule has 1 amide bonds. The first-order chi connectivity index (χ1) is 9.65. The van der Waals surface area contributed by atoms with Crippen molar-refractivity contribution in [2.45, 2.75) is 0 Å². The van der Waals surface area contributed by atoms with Gasteiger partial charge in [-0.15, -0.1) is 0 Å². The number of rotatable bonds is 2. The van der Waals surface area contributed by atoms with E-state index in [4.69, 9.17) is 17.3 Å². The van der Waals surface area contributed by atoms with Gasteiger partial charge in [0, 0.05) is 22.8 Å². The molecule has 0 saturated carbocycles. The fourth-order valence-corrected chi connectivity index (χ4v) is 2.26. The van der Waals surface area contributed by atoms with Crippen molar-refractivity contribution in [1.82, 2.24) is 4.98 Å². The van der Waals surface area contributed by atoms with Crippen molar-refractivity contribution in [3.63, 3.8) is 0 Å². The lowest BCUT2D eigenvalue weighted by molar-refractivity contribution is 0.102. The van der Waals surface area contributed by atoms with Crippen LogP contribution in [0.25, 0.3) is 10.9 Å². The number of carbonyl (C=O) groups is 1. The lowest BCUT2D eigenvalue weighted by Crippen LogP contribution is -2.11. The van der Waals surface area contributed by atoms with E-state index in [1.165, 1.54) is 0 Å². The molecule has 0 aliphatic rings. The second kappa shape index (κ2) is 4.90. The van der Waals surface area contributed by atoms with Crippen molar-refractivity contribution in [3.8, 4) is 0 Å². The third-order valence-electron chi connectivity index (χ3n) is 3.07. The second-order valence-corrected chi connectivity index (χ2v) is 4.85. The molecule has 5 heteroatoms. The van der Waals surface area contributed by atoms with E-state index in [1.807, 2.05) is 18.2 Å². The molecule has 0 radical (unpaired) electrons. The van der Waals surface area contributed by atoms with Crippen LogP contribution in [0.5, 0.6) is 0 Å². The summed E-state index contributed by atoms with van der Waals surface area (Å²) < 4.78 is 0. The number of benzene rings is 2. The summed E-state index contributed by atoms with van der Waals surface area (Å²) in [6, 6.07) is 12.5. The molecule has 0 atom stereocenters. The van der Waals surface area contributed by atoms with Crippen LogP contribution >= 0.6 is 11.6 Å². The monoisotopic (exact) mass is 285 g/mol. The minimum Gasteiger partial charge on any atom is -0.399 e. The Morgan fingerprint density at radius 2 is 2.00 bits per heavy atom. The number of para-hydroxylation sites is 1. The molecule has 0 saturated heterocycles. The van der Waals surface area contributed by atoms with Gasteiger partial charge in [-0.2, -0.15) is 0 Å². The lowest BCUT2D eigenvalue weighted by Gasteiger charge is -2.06. The number of nitrogens with two attached hydrogens (primary N) is 1. The molecule has 3 aromatic rings.